The van der Waals surface area contributed by atoms with Gasteiger partial charge in [0.05, 0.1) is 16.6 Å². The van der Waals surface area contributed by atoms with Gasteiger partial charge in [0.1, 0.15) is 5.58 Å². The molecule has 0 bridgehead atoms. The van der Waals surface area contributed by atoms with Gasteiger partial charge in [-0.2, -0.15) is 0 Å². The number of hydrogen-bond acceptors (Lipinski definition) is 4. The zero-order valence-electron chi connectivity index (χ0n) is 19.2. The van der Waals surface area contributed by atoms with Gasteiger partial charge in [0.15, 0.2) is 11.0 Å². The predicted octanol–water partition coefficient (Wildman–Crippen LogP) is 4.53. The molecule has 0 fully saturated rings. The minimum atomic E-state index is -1.62. The second kappa shape index (κ2) is 7.53. The first-order valence-electron chi connectivity index (χ1n) is 11.4. The van der Waals surface area contributed by atoms with Crippen molar-refractivity contribution in [3.8, 4) is 0 Å². The number of carbonyl (C=O) groups excluding carboxylic acids is 2. The first-order valence-corrected chi connectivity index (χ1v) is 11.4. The van der Waals surface area contributed by atoms with Crippen molar-refractivity contribution in [2.75, 3.05) is 11.4 Å². The third-order valence-electron chi connectivity index (χ3n) is 6.92. The first kappa shape index (κ1) is 21.1. The predicted molar refractivity (Wildman–Crippen MR) is 133 cm³/mol. The third kappa shape index (κ3) is 2.74. The largest absolute Gasteiger partial charge is 0.450 e. The van der Waals surface area contributed by atoms with Crippen molar-refractivity contribution in [2.45, 2.75) is 19.0 Å². The molecule has 6 rings (SSSR count). The van der Waals surface area contributed by atoms with Gasteiger partial charge in [-0.25, -0.2) is 0 Å². The number of benzene rings is 3. The van der Waals surface area contributed by atoms with Crippen molar-refractivity contribution in [1.29, 1.82) is 0 Å². The van der Waals surface area contributed by atoms with Gasteiger partial charge in [-0.05, 0) is 30.7 Å². The van der Waals surface area contributed by atoms with Crippen molar-refractivity contribution in [1.82, 2.24) is 4.90 Å². The molecule has 0 saturated carbocycles. The molecule has 1 atom stereocenters. The number of carbonyl (C=O) groups is 2. The van der Waals surface area contributed by atoms with Crippen LogP contribution in [0.25, 0.3) is 11.0 Å². The Morgan fingerprint density at radius 2 is 1.66 bits per heavy atom. The lowest BCUT2D eigenvalue weighted by Crippen LogP contribution is -2.53. The van der Waals surface area contributed by atoms with E-state index in [0.717, 1.165) is 11.1 Å². The molecule has 172 valence electrons. The van der Waals surface area contributed by atoms with E-state index in [1.807, 2.05) is 55.5 Å². The van der Waals surface area contributed by atoms with Crippen LogP contribution in [0.2, 0.25) is 0 Å². The summed E-state index contributed by atoms with van der Waals surface area (Å²) in [6.07, 6.45) is 1.64. The maximum atomic E-state index is 14.3. The molecule has 6 nitrogen and oxygen atoms in total. The molecule has 0 radical (unpaired) electrons. The van der Waals surface area contributed by atoms with E-state index in [1.54, 1.807) is 35.2 Å². The molecule has 0 aliphatic carbocycles. The van der Waals surface area contributed by atoms with Gasteiger partial charge in [0, 0.05) is 18.7 Å². The zero-order valence-corrected chi connectivity index (χ0v) is 19.2. The van der Waals surface area contributed by atoms with E-state index in [1.165, 1.54) is 4.90 Å². The topological polar surface area (TPSA) is 70.8 Å². The second-order valence-corrected chi connectivity index (χ2v) is 8.94. The number of anilines is 1. The van der Waals surface area contributed by atoms with E-state index in [9.17, 15) is 14.4 Å². The lowest BCUT2D eigenvalue weighted by atomic mass is 9.83. The zero-order chi connectivity index (χ0) is 24.3. The van der Waals surface area contributed by atoms with Gasteiger partial charge < -0.3 is 14.2 Å². The fraction of sp³-hybridized carbons (Fsp3) is 0.138. The molecular formula is C29H22N2O4. The number of rotatable bonds is 4. The molecular weight excluding hydrogens is 440 g/mol. The maximum Gasteiger partial charge on any atom is 0.291 e. The molecule has 0 N–H and O–H groups in total. The molecule has 3 aromatic carbocycles. The fourth-order valence-corrected chi connectivity index (χ4v) is 5.35. The summed E-state index contributed by atoms with van der Waals surface area (Å²) < 4.78 is 6.05. The van der Waals surface area contributed by atoms with Crippen LogP contribution in [0, 0.1) is 6.92 Å². The van der Waals surface area contributed by atoms with Crippen molar-refractivity contribution in [3.05, 3.63) is 124 Å². The molecule has 2 amide bonds. The second-order valence-electron chi connectivity index (χ2n) is 8.94. The standard InChI is InChI=1S/C29H22N2O4/c1-3-16-30-22-10-6-5-9-21(22)29(28(30)34)24-25(32)20-8-4-7-11-23(20)35-26(24)27(33)31(29)17-19-14-12-18(2)13-15-19/h3-15H,1,16-17H2,2H3. The summed E-state index contributed by atoms with van der Waals surface area (Å²) in [5.41, 5.74) is 1.58. The monoisotopic (exact) mass is 462 g/mol. The number of amides is 2. The van der Waals surface area contributed by atoms with E-state index in [-0.39, 0.29) is 35.7 Å². The molecule has 4 aromatic rings. The normalized spacial score (nSPS) is 18.4. The van der Waals surface area contributed by atoms with Gasteiger partial charge in [-0.15, -0.1) is 6.58 Å². The Morgan fingerprint density at radius 3 is 2.43 bits per heavy atom. The summed E-state index contributed by atoms with van der Waals surface area (Å²) in [6.45, 7) is 6.18. The molecule has 2 aliphatic heterocycles. The SMILES string of the molecule is C=CCN1C(=O)C2(c3ccccc31)c1c(oc3ccccc3c1=O)C(=O)N2Cc1ccc(C)cc1. The molecule has 3 heterocycles. The molecule has 1 spiro atoms. The van der Waals surface area contributed by atoms with Crippen LogP contribution in [0.1, 0.15) is 32.8 Å². The molecule has 1 unspecified atom stereocenters. The lowest BCUT2D eigenvalue weighted by molar-refractivity contribution is -0.126. The van der Waals surface area contributed by atoms with Crippen LogP contribution >= 0.6 is 0 Å². The van der Waals surface area contributed by atoms with Gasteiger partial charge in [0.2, 0.25) is 5.76 Å². The average Bonchev–Trinajstić information content (AvgIpc) is 3.26. The molecule has 35 heavy (non-hydrogen) atoms. The van der Waals surface area contributed by atoms with Crippen LogP contribution in [0.5, 0.6) is 0 Å². The fourth-order valence-electron chi connectivity index (χ4n) is 5.35. The Kier molecular flexibility index (Phi) is 4.54. The molecule has 1 aromatic heterocycles. The van der Waals surface area contributed by atoms with E-state index >= 15 is 0 Å². The molecule has 0 saturated heterocycles. The van der Waals surface area contributed by atoms with Crippen LogP contribution in [0.4, 0.5) is 5.69 Å². The average molecular weight is 463 g/mol. The quantitative estimate of drug-likeness (QED) is 0.418. The van der Waals surface area contributed by atoms with Crippen LogP contribution in [0.15, 0.2) is 94.7 Å². The highest BCUT2D eigenvalue weighted by atomic mass is 16.3. The van der Waals surface area contributed by atoms with Gasteiger partial charge in [-0.1, -0.05) is 66.2 Å². The highest BCUT2D eigenvalue weighted by Crippen LogP contribution is 2.52. The van der Waals surface area contributed by atoms with E-state index in [0.29, 0.717) is 22.2 Å². The number of fused-ring (bicyclic) bond motifs is 5. The minimum absolute atomic E-state index is 0.0792. The Labute approximate surface area is 201 Å². The summed E-state index contributed by atoms with van der Waals surface area (Å²) >= 11 is 0. The van der Waals surface area contributed by atoms with E-state index in [2.05, 4.69) is 6.58 Å². The van der Waals surface area contributed by atoms with Crippen molar-refractivity contribution < 1.29 is 14.0 Å². The Morgan fingerprint density at radius 1 is 0.943 bits per heavy atom. The lowest BCUT2D eigenvalue weighted by Gasteiger charge is -2.34. The van der Waals surface area contributed by atoms with Crippen LogP contribution in [-0.4, -0.2) is 23.3 Å². The summed E-state index contributed by atoms with van der Waals surface area (Å²) in [6, 6.07) is 21.9. The Hall–Kier alpha value is -4.45. The number of nitrogens with zero attached hydrogens (tertiary/aromatic N) is 2. The highest BCUT2D eigenvalue weighted by molar-refractivity contribution is 6.17. The minimum Gasteiger partial charge on any atom is -0.450 e. The smallest absolute Gasteiger partial charge is 0.291 e. The van der Waals surface area contributed by atoms with Gasteiger partial charge in [-0.3, -0.25) is 14.4 Å². The summed E-state index contributed by atoms with van der Waals surface area (Å²) in [4.78, 5) is 45.3. The summed E-state index contributed by atoms with van der Waals surface area (Å²) in [7, 11) is 0. The maximum absolute atomic E-state index is 14.3. The van der Waals surface area contributed by atoms with Crippen molar-refractivity contribution >= 4 is 28.5 Å². The highest BCUT2D eigenvalue weighted by Gasteiger charge is 2.64. The Balaban J connectivity index is 1.70. The number of para-hydroxylation sites is 2. The Bertz CT molecular complexity index is 1600. The number of hydrogen-bond donors (Lipinski definition) is 0. The van der Waals surface area contributed by atoms with Crippen LogP contribution < -0.4 is 10.3 Å². The number of aryl methyl sites for hydroxylation is 1. The molecule has 2 aliphatic rings. The van der Waals surface area contributed by atoms with E-state index < -0.39 is 11.4 Å². The van der Waals surface area contributed by atoms with Gasteiger partial charge >= 0.3 is 0 Å². The van der Waals surface area contributed by atoms with Crippen molar-refractivity contribution in [2.24, 2.45) is 0 Å². The third-order valence-corrected chi connectivity index (χ3v) is 6.92. The summed E-state index contributed by atoms with van der Waals surface area (Å²) in [5, 5.41) is 0.336. The van der Waals surface area contributed by atoms with E-state index in [4.69, 9.17) is 4.42 Å². The van der Waals surface area contributed by atoms with Crippen molar-refractivity contribution in [3.63, 3.8) is 0 Å². The first-order chi connectivity index (χ1) is 17.0. The van der Waals surface area contributed by atoms with Crippen LogP contribution in [0.3, 0.4) is 0 Å². The van der Waals surface area contributed by atoms with Gasteiger partial charge in [0.25, 0.3) is 11.8 Å². The van der Waals surface area contributed by atoms with Crippen LogP contribution in [-0.2, 0) is 16.9 Å². The summed E-state index contributed by atoms with van der Waals surface area (Å²) in [5.74, 6) is -0.920. The molecule has 6 heteroatoms.